The number of hydrogen-bond donors (Lipinski definition) is 1. The molecule has 1 saturated heterocycles. The minimum Gasteiger partial charge on any atom is -0.494 e. The number of amides is 2. The second-order valence-electron chi connectivity index (χ2n) is 7.20. The Morgan fingerprint density at radius 1 is 0.906 bits per heavy atom. The van der Waals surface area contributed by atoms with Crippen molar-refractivity contribution in [3.8, 4) is 22.8 Å². The molecular formula is C23H24ClN5O3. The molecule has 4 rings (SSSR count). The number of halogens is 1. The number of nitrogens with zero attached hydrogens (tertiary/aromatic N) is 4. The van der Waals surface area contributed by atoms with Gasteiger partial charge in [0.05, 0.1) is 24.9 Å². The standard InChI is InChI=1S/C23H24ClN5O3/c1-31-19-8-5-9-20(32-2)22(19)25-23(30)29-14-12-28(13-15-29)21-11-10-18(26-27-21)16-6-3-4-7-17(16)24/h3-11H,12-15H2,1-2H3,(H,25,30). The van der Waals surface area contributed by atoms with Gasteiger partial charge in [-0.05, 0) is 30.3 Å². The number of nitrogens with one attached hydrogen (secondary N) is 1. The van der Waals surface area contributed by atoms with Crippen LogP contribution in [0.2, 0.25) is 5.02 Å². The number of hydrogen-bond acceptors (Lipinski definition) is 6. The summed E-state index contributed by atoms with van der Waals surface area (Å²) >= 11 is 6.25. The normalized spacial score (nSPS) is 13.6. The third-order valence-corrected chi connectivity index (χ3v) is 5.68. The molecule has 166 valence electrons. The maximum Gasteiger partial charge on any atom is 0.322 e. The molecule has 8 nitrogen and oxygen atoms in total. The van der Waals surface area contributed by atoms with Gasteiger partial charge < -0.3 is 24.6 Å². The molecule has 2 aromatic carbocycles. The Bertz CT molecular complexity index is 1060. The van der Waals surface area contributed by atoms with E-state index >= 15 is 0 Å². The van der Waals surface area contributed by atoms with Gasteiger partial charge in [-0.25, -0.2) is 4.79 Å². The van der Waals surface area contributed by atoms with Gasteiger partial charge in [0.15, 0.2) is 5.82 Å². The molecule has 0 aliphatic carbocycles. The molecule has 1 aliphatic heterocycles. The van der Waals surface area contributed by atoms with E-state index in [1.807, 2.05) is 42.5 Å². The molecule has 1 N–H and O–H groups in total. The lowest BCUT2D eigenvalue weighted by Gasteiger charge is -2.35. The van der Waals surface area contributed by atoms with Crippen molar-refractivity contribution in [2.45, 2.75) is 0 Å². The van der Waals surface area contributed by atoms with Crippen molar-refractivity contribution in [3.63, 3.8) is 0 Å². The van der Waals surface area contributed by atoms with E-state index in [0.717, 1.165) is 17.1 Å². The van der Waals surface area contributed by atoms with Crippen LogP contribution in [-0.2, 0) is 0 Å². The summed E-state index contributed by atoms with van der Waals surface area (Å²) in [7, 11) is 3.11. The number of para-hydroxylation sites is 1. The number of methoxy groups -OCH3 is 2. The lowest BCUT2D eigenvalue weighted by Crippen LogP contribution is -2.50. The van der Waals surface area contributed by atoms with E-state index in [1.54, 1.807) is 31.3 Å². The summed E-state index contributed by atoms with van der Waals surface area (Å²) in [5, 5.41) is 12.3. The molecule has 32 heavy (non-hydrogen) atoms. The third kappa shape index (κ3) is 4.55. The molecule has 1 aliphatic rings. The predicted molar refractivity (Wildman–Crippen MR) is 125 cm³/mol. The molecule has 3 aromatic rings. The summed E-state index contributed by atoms with van der Waals surface area (Å²) in [6.07, 6.45) is 0. The summed E-state index contributed by atoms with van der Waals surface area (Å²) in [5.41, 5.74) is 2.09. The van der Waals surface area contributed by atoms with Gasteiger partial charge in [0.1, 0.15) is 17.2 Å². The number of carbonyl (C=O) groups is 1. The van der Waals surface area contributed by atoms with E-state index in [1.165, 1.54) is 0 Å². The average molecular weight is 454 g/mol. The molecule has 0 bridgehead atoms. The van der Waals surface area contributed by atoms with Crippen LogP contribution < -0.4 is 19.7 Å². The zero-order valence-corrected chi connectivity index (χ0v) is 18.7. The molecule has 9 heteroatoms. The number of benzene rings is 2. The van der Waals surface area contributed by atoms with Crippen LogP contribution in [0.3, 0.4) is 0 Å². The van der Waals surface area contributed by atoms with Gasteiger partial charge in [-0.2, -0.15) is 0 Å². The molecule has 0 spiro atoms. The molecule has 0 saturated carbocycles. The van der Waals surface area contributed by atoms with Gasteiger partial charge in [-0.15, -0.1) is 10.2 Å². The molecule has 2 heterocycles. The first kappa shape index (κ1) is 21.7. The smallest absolute Gasteiger partial charge is 0.322 e. The maximum absolute atomic E-state index is 12.8. The maximum atomic E-state index is 12.8. The minimum absolute atomic E-state index is 0.201. The highest BCUT2D eigenvalue weighted by Crippen LogP contribution is 2.34. The van der Waals surface area contributed by atoms with E-state index in [4.69, 9.17) is 21.1 Å². The van der Waals surface area contributed by atoms with E-state index in [-0.39, 0.29) is 6.03 Å². The van der Waals surface area contributed by atoms with Crippen molar-refractivity contribution < 1.29 is 14.3 Å². The summed E-state index contributed by atoms with van der Waals surface area (Å²) in [4.78, 5) is 16.7. The number of rotatable bonds is 5. The van der Waals surface area contributed by atoms with Crippen LogP contribution in [0.15, 0.2) is 54.6 Å². The van der Waals surface area contributed by atoms with Gasteiger partial charge in [0.2, 0.25) is 0 Å². The lowest BCUT2D eigenvalue weighted by molar-refractivity contribution is 0.207. The van der Waals surface area contributed by atoms with Gasteiger partial charge in [0.25, 0.3) is 0 Å². The number of aromatic nitrogens is 2. The third-order valence-electron chi connectivity index (χ3n) is 5.35. The highest BCUT2D eigenvalue weighted by molar-refractivity contribution is 6.33. The quantitative estimate of drug-likeness (QED) is 0.624. The Hall–Kier alpha value is -3.52. The second kappa shape index (κ2) is 9.74. The highest BCUT2D eigenvalue weighted by atomic mass is 35.5. The lowest BCUT2D eigenvalue weighted by atomic mass is 10.1. The second-order valence-corrected chi connectivity index (χ2v) is 7.61. The Labute approximate surface area is 191 Å². The van der Waals surface area contributed by atoms with Gasteiger partial charge in [-0.1, -0.05) is 35.9 Å². The first-order chi connectivity index (χ1) is 15.6. The van der Waals surface area contributed by atoms with Crippen molar-refractivity contribution in [3.05, 3.63) is 59.6 Å². The molecule has 0 radical (unpaired) electrons. The van der Waals surface area contributed by atoms with E-state index in [2.05, 4.69) is 20.4 Å². The van der Waals surface area contributed by atoms with Crippen molar-refractivity contribution >= 4 is 29.1 Å². The van der Waals surface area contributed by atoms with Crippen LogP contribution in [0.4, 0.5) is 16.3 Å². The number of ether oxygens (including phenoxy) is 2. The zero-order chi connectivity index (χ0) is 22.5. The largest absolute Gasteiger partial charge is 0.494 e. The van der Waals surface area contributed by atoms with Gasteiger partial charge in [-0.3, -0.25) is 0 Å². The Balaban J connectivity index is 1.38. The molecular weight excluding hydrogens is 430 g/mol. The SMILES string of the molecule is COc1cccc(OC)c1NC(=O)N1CCN(c2ccc(-c3ccccc3Cl)nn2)CC1. The monoisotopic (exact) mass is 453 g/mol. The first-order valence-corrected chi connectivity index (χ1v) is 10.6. The summed E-state index contributed by atoms with van der Waals surface area (Å²) in [5.74, 6) is 1.86. The molecule has 1 fully saturated rings. The molecule has 0 unspecified atom stereocenters. The fraction of sp³-hybridized carbons (Fsp3) is 0.261. The Morgan fingerprint density at radius 2 is 1.59 bits per heavy atom. The molecule has 1 aromatic heterocycles. The number of carbonyl (C=O) groups excluding carboxylic acids is 1. The van der Waals surface area contributed by atoms with Crippen LogP contribution in [0.1, 0.15) is 0 Å². The summed E-state index contributed by atoms with van der Waals surface area (Å²) in [6, 6.07) is 16.6. The van der Waals surface area contributed by atoms with Crippen molar-refractivity contribution in [2.24, 2.45) is 0 Å². The van der Waals surface area contributed by atoms with Crippen LogP contribution in [-0.4, -0.2) is 61.5 Å². The highest BCUT2D eigenvalue weighted by Gasteiger charge is 2.24. The summed E-state index contributed by atoms with van der Waals surface area (Å²) in [6.45, 7) is 2.40. The number of urea groups is 1. The molecule has 2 amide bonds. The Morgan fingerprint density at radius 3 is 2.19 bits per heavy atom. The average Bonchev–Trinajstić information content (AvgIpc) is 2.84. The van der Waals surface area contributed by atoms with Crippen molar-refractivity contribution in [2.75, 3.05) is 50.6 Å². The van der Waals surface area contributed by atoms with Gasteiger partial charge in [0, 0.05) is 31.7 Å². The van der Waals surface area contributed by atoms with E-state index in [9.17, 15) is 4.79 Å². The zero-order valence-electron chi connectivity index (χ0n) is 17.9. The van der Waals surface area contributed by atoms with Crippen molar-refractivity contribution in [1.29, 1.82) is 0 Å². The molecule has 0 atom stereocenters. The van der Waals surface area contributed by atoms with Gasteiger partial charge >= 0.3 is 6.03 Å². The van der Waals surface area contributed by atoms with Crippen LogP contribution in [0.25, 0.3) is 11.3 Å². The fourth-order valence-corrected chi connectivity index (χ4v) is 3.84. The Kier molecular flexibility index (Phi) is 6.61. The topological polar surface area (TPSA) is 79.8 Å². The fourth-order valence-electron chi connectivity index (χ4n) is 3.61. The van der Waals surface area contributed by atoms with Crippen LogP contribution >= 0.6 is 11.6 Å². The van der Waals surface area contributed by atoms with E-state index in [0.29, 0.717) is 48.4 Å². The van der Waals surface area contributed by atoms with Crippen LogP contribution in [0.5, 0.6) is 11.5 Å². The van der Waals surface area contributed by atoms with Crippen LogP contribution in [0, 0.1) is 0 Å². The first-order valence-electron chi connectivity index (χ1n) is 10.2. The van der Waals surface area contributed by atoms with E-state index < -0.39 is 0 Å². The van der Waals surface area contributed by atoms with Crippen molar-refractivity contribution in [1.82, 2.24) is 15.1 Å². The number of piperazine rings is 1. The minimum atomic E-state index is -0.201. The summed E-state index contributed by atoms with van der Waals surface area (Å²) < 4.78 is 10.7. The number of anilines is 2. The predicted octanol–water partition coefficient (Wildman–Crippen LogP) is 4.17.